The van der Waals surface area contributed by atoms with E-state index >= 15 is 0 Å². The minimum Gasteiger partial charge on any atom is -0.489 e. The molecule has 2 aromatic carbocycles. The van der Waals surface area contributed by atoms with Gasteiger partial charge in [0, 0.05) is 11.1 Å². The fraction of sp³-hybridized carbons (Fsp3) is 0.176. The van der Waals surface area contributed by atoms with E-state index in [4.69, 9.17) is 27.9 Å². The van der Waals surface area contributed by atoms with Crippen LogP contribution in [0, 0.1) is 0 Å². The molecule has 2 amide bonds. The number of imide groups is 1. The van der Waals surface area contributed by atoms with E-state index in [0.29, 0.717) is 26.9 Å². The van der Waals surface area contributed by atoms with Crippen molar-refractivity contribution in [2.75, 3.05) is 13.2 Å². The Morgan fingerprint density at radius 3 is 2.29 bits per heavy atom. The molecule has 24 heavy (non-hydrogen) atoms. The highest BCUT2D eigenvalue weighted by Gasteiger charge is 2.36. The predicted octanol–water partition coefficient (Wildman–Crippen LogP) is 3.03. The largest absolute Gasteiger partial charge is 0.489 e. The molecule has 1 aliphatic rings. The summed E-state index contributed by atoms with van der Waals surface area (Å²) in [6, 6.07) is 11.3. The Bertz CT molecular complexity index is 774. The summed E-state index contributed by atoms with van der Waals surface area (Å²) in [6.45, 7) is -0.294. The van der Waals surface area contributed by atoms with Gasteiger partial charge in [-0.3, -0.25) is 14.5 Å². The number of hydrogen-bond donors (Lipinski definition) is 1. The predicted molar refractivity (Wildman–Crippen MR) is 89.8 cm³/mol. The molecular weight excluding hydrogens is 353 g/mol. The van der Waals surface area contributed by atoms with E-state index < -0.39 is 17.9 Å². The van der Waals surface area contributed by atoms with Gasteiger partial charge in [0.15, 0.2) is 0 Å². The summed E-state index contributed by atoms with van der Waals surface area (Å²) in [5.41, 5.74) is 0.682. The summed E-state index contributed by atoms with van der Waals surface area (Å²) in [5, 5.41) is 10.9. The van der Waals surface area contributed by atoms with Crippen LogP contribution in [-0.4, -0.2) is 41.1 Å². The Morgan fingerprint density at radius 1 is 1.04 bits per heavy atom. The number of amides is 2. The van der Waals surface area contributed by atoms with E-state index in [1.807, 2.05) is 0 Å². The van der Waals surface area contributed by atoms with Gasteiger partial charge in [-0.1, -0.05) is 35.3 Å². The van der Waals surface area contributed by atoms with Gasteiger partial charge in [0.25, 0.3) is 11.8 Å². The lowest BCUT2D eigenvalue weighted by Gasteiger charge is -2.19. The number of hydrogen-bond acceptors (Lipinski definition) is 4. The van der Waals surface area contributed by atoms with Crippen molar-refractivity contribution in [2.45, 2.75) is 6.10 Å². The maximum Gasteiger partial charge on any atom is 0.261 e. The molecule has 0 saturated heterocycles. The molecule has 0 fully saturated rings. The second kappa shape index (κ2) is 6.81. The third-order valence-corrected chi connectivity index (χ3v) is 4.14. The van der Waals surface area contributed by atoms with E-state index in [9.17, 15) is 14.7 Å². The first kappa shape index (κ1) is 16.8. The number of aliphatic hydroxyl groups is 1. The summed E-state index contributed by atoms with van der Waals surface area (Å²) in [6.07, 6.45) is -1.05. The summed E-state index contributed by atoms with van der Waals surface area (Å²) in [7, 11) is 0. The molecule has 1 N–H and O–H groups in total. The monoisotopic (exact) mass is 365 g/mol. The molecule has 0 radical (unpaired) electrons. The minimum absolute atomic E-state index is 0.131. The Balaban J connectivity index is 1.64. The van der Waals surface area contributed by atoms with Gasteiger partial charge in [0.1, 0.15) is 18.5 Å². The molecule has 2 aromatic rings. The van der Waals surface area contributed by atoms with Crippen molar-refractivity contribution in [3.8, 4) is 5.75 Å². The molecule has 7 heteroatoms. The number of fused-ring (bicyclic) bond motifs is 1. The standard InChI is InChI=1S/C17H13Cl2NO4/c18-10-5-6-14(19)15(7-10)24-9-11(21)8-20-16(22)12-3-1-2-4-13(12)17(20)23/h1-7,11,21H,8-9H2/t11-/m1/s1. The van der Waals surface area contributed by atoms with E-state index in [1.165, 1.54) is 6.07 Å². The highest BCUT2D eigenvalue weighted by atomic mass is 35.5. The van der Waals surface area contributed by atoms with Crippen molar-refractivity contribution < 1.29 is 19.4 Å². The first-order chi connectivity index (χ1) is 11.5. The number of carbonyl (C=O) groups is 2. The average Bonchev–Trinajstić information content (AvgIpc) is 2.81. The molecule has 0 aliphatic carbocycles. The molecule has 1 aliphatic heterocycles. The molecule has 0 aromatic heterocycles. The van der Waals surface area contributed by atoms with Crippen LogP contribution in [0.3, 0.4) is 0 Å². The maximum absolute atomic E-state index is 12.2. The van der Waals surface area contributed by atoms with Crippen LogP contribution in [0.25, 0.3) is 0 Å². The number of nitrogens with zero attached hydrogens (tertiary/aromatic N) is 1. The molecule has 0 saturated carbocycles. The van der Waals surface area contributed by atoms with Crippen LogP contribution >= 0.6 is 23.2 Å². The van der Waals surface area contributed by atoms with Gasteiger partial charge in [-0.2, -0.15) is 0 Å². The van der Waals surface area contributed by atoms with Gasteiger partial charge in [-0.05, 0) is 24.3 Å². The minimum atomic E-state index is -1.05. The van der Waals surface area contributed by atoms with Crippen molar-refractivity contribution in [1.29, 1.82) is 0 Å². The number of carbonyl (C=O) groups excluding carboxylic acids is 2. The Kier molecular flexibility index (Phi) is 4.76. The number of β-amino-alcohol motifs (C(OH)–C–C–N with tert-alkyl or cyclic N) is 1. The number of rotatable bonds is 5. The highest BCUT2D eigenvalue weighted by Crippen LogP contribution is 2.28. The number of ether oxygens (including phenoxy) is 1. The maximum atomic E-state index is 12.2. The van der Waals surface area contributed by atoms with Crippen molar-refractivity contribution in [3.63, 3.8) is 0 Å². The van der Waals surface area contributed by atoms with Gasteiger partial charge in [0.05, 0.1) is 22.7 Å². The molecule has 1 atom stereocenters. The Labute approximate surface area is 148 Å². The van der Waals surface area contributed by atoms with Crippen LogP contribution in [0.2, 0.25) is 10.0 Å². The Hall–Kier alpha value is -2.08. The number of benzene rings is 2. The molecule has 3 rings (SSSR count). The van der Waals surface area contributed by atoms with Gasteiger partial charge in [-0.25, -0.2) is 0 Å². The quantitative estimate of drug-likeness (QED) is 0.827. The third-order valence-electron chi connectivity index (χ3n) is 3.60. The summed E-state index contributed by atoms with van der Waals surface area (Å²) < 4.78 is 5.42. The molecule has 0 unspecified atom stereocenters. The second-order valence-corrected chi connectivity index (χ2v) is 6.15. The number of aliphatic hydroxyl groups excluding tert-OH is 1. The molecule has 0 bridgehead atoms. The van der Waals surface area contributed by atoms with Crippen LogP contribution in [0.15, 0.2) is 42.5 Å². The average molecular weight is 366 g/mol. The third kappa shape index (κ3) is 3.24. The summed E-state index contributed by atoms with van der Waals surface area (Å²) >= 11 is 11.8. The SMILES string of the molecule is O=C1c2ccccc2C(=O)N1C[C@@H](O)COc1cc(Cl)ccc1Cl. The lowest BCUT2D eigenvalue weighted by molar-refractivity contribution is 0.0457. The first-order valence-electron chi connectivity index (χ1n) is 7.18. The molecule has 1 heterocycles. The van der Waals surface area contributed by atoms with Crippen LogP contribution in [0.4, 0.5) is 0 Å². The van der Waals surface area contributed by atoms with E-state index in [1.54, 1.807) is 36.4 Å². The van der Waals surface area contributed by atoms with Crippen molar-refractivity contribution in [3.05, 3.63) is 63.6 Å². The van der Waals surface area contributed by atoms with Gasteiger partial charge < -0.3 is 9.84 Å². The second-order valence-electron chi connectivity index (χ2n) is 5.31. The highest BCUT2D eigenvalue weighted by molar-refractivity contribution is 6.34. The van der Waals surface area contributed by atoms with E-state index in [0.717, 1.165) is 4.90 Å². The van der Waals surface area contributed by atoms with Crippen LogP contribution in [0.5, 0.6) is 5.75 Å². The topological polar surface area (TPSA) is 66.8 Å². The van der Waals surface area contributed by atoms with E-state index in [2.05, 4.69) is 0 Å². The molecule has 124 valence electrons. The Morgan fingerprint density at radius 2 is 1.67 bits per heavy atom. The van der Waals surface area contributed by atoms with Crippen molar-refractivity contribution in [1.82, 2.24) is 4.90 Å². The zero-order chi connectivity index (χ0) is 17.3. The van der Waals surface area contributed by atoms with Gasteiger partial charge >= 0.3 is 0 Å². The molecular formula is C17H13Cl2NO4. The van der Waals surface area contributed by atoms with Crippen molar-refractivity contribution >= 4 is 35.0 Å². The first-order valence-corrected chi connectivity index (χ1v) is 7.94. The molecule has 0 spiro atoms. The zero-order valence-corrected chi connectivity index (χ0v) is 13.9. The zero-order valence-electron chi connectivity index (χ0n) is 12.4. The summed E-state index contributed by atoms with van der Waals surface area (Å²) in [5.74, 6) is -0.517. The van der Waals surface area contributed by atoms with Crippen LogP contribution in [-0.2, 0) is 0 Å². The van der Waals surface area contributed by atoms with Crippen molar-refractivity contribution in [2.24, 2.45) is 0 Å². The fourth-order valence-electron chi connectivity index (χ4n) is 2.44. The van der Waals surface area contributed by atoms with Gasteiger partial charge in [0.2, 0.25) is 0 Å². The van der Waals surface area contributed by atoms with Gasteiger partial charge in [-0.15, -0.1) is 0 Å². The van der Waals surface area contributed by atoms with Crippen LogP contribution < -0.4 is 4.74 Å². The normalized spacial score (nSPS) is 14.7. The summed E-state index contributed by atoms with van der Waals surface area (Å²) in [4.78, 5) is 25.5. The smallest absolute Gasteiger partial charge is 0.261 e. The fourth-order valence-corrected chi connectivity index (χ4v) is 2.78. The lowest BCUT2D eigenvalue weighted by Crippen LogP contribution is -2.39. The van der Waals surface area contributed by atoms with E-state index in [-0.39, 0.29) is 13.2 Å². The lowest BCUT2D eigenvalue weighted by atomic mass is 10.1. The molecule has 5 nitrogen and oxygen atoms in total. The number of halogens is 2. The van der Waals surface area contributed by atoms with Crippen LogP contribution in [0.1, 0.15) is 20.7 Å².